The summed E-state index contributed by atoms with van der Waals surface area (Å²) in [6.45, 7) is 1.82. The van der Waals surface area contributed by atoms with E-state index < -0.39 is 29.4 Å². The number of aromatic nitrogens is 1. The van der Waals surface area contributed by atoms with Crippen molar-refractivity contribution in [2.45, 2.75) is 13.0 Å². The van der Waals surface area contributed by atoms with Crippen molar-refractivity contribution in [1.29, 1.82) is 0 Å². The minimum Gasteiger partial charge on any atom is -0.465 e. The largest absolute Gasteiger partial charge is 0.465 e. The fourth-order valence-electron chi connectivity index (χ4n) is 5.00. The van der Waals surface area contributed by atoms with Crippen molar-refractivity contribution in [2.75, 3.05) is 13.7 Å². The lowest BCUT2D eigenvalue weighted by Crippen LogP contribution is -2.40. The van der Waals surface area contributed by atoms with Crippen LogP contribution in [0.15, 0.2) is 111 Å². The average molecular weight is 609 g/mol. The molecule has 1 aliphatic rings. The van der Waals surface area contributed by atoms with Crippen LogP contribution in [0.4, 0.5) is 4.39 Å². The van der Waals surface area contributed by atoms with E-state index in [1.54, 1.807) is 61.5 Å². The molecule has 0 fully saturated rings. The summed E-state index contributed by atoms with van der Waals surface area (Å²) < 4.78 is 32.0. The molecule has 2 aromatic heterocycles. The molecule has 8 nitrogen and oxygen atoms in total. The Balaban J connectivity index is 1.50. The number of thiazole rings is 1. The van der Waals surface area contributed by atoms with E-state index in [1.807, 2.05) is 30.3 Å². The summed E-state index contributed by atoms with van der Waals surface area (Å²) in [6.07, 6.45) is 1.62. The predicted molar refractivity (Wildman–Crippen MR) is 163 cm³/mol. The highest BCUT2D eigenvalue weighted by molar-refractivity contribution is 7.07. The quantitative estimate of drug-likeness (QED) is 0.238. The van der Waals surface area contributed by atoms with Crippen molar-refractivity contribution in [3.63, 3.8) is 0 Å². The van der Waals surface area contributed by atoms with Gasteiger partial charge < -0.3 is 13.9 Å². The summed E-state index contributed by atoms with van der Waals surface area (Å²) in [5.41, 5.74) is 2.52. The van der Waals surface area contributed by atoms with E-state index in [0.29, 0.717) is 43.2 Å². The van der Waals surface area contributed by atoms with Gasteiger partial charge in [0.2, 0.25) is 0 Å². The lowest BCUT2D eigenvalue weighted by Gasteiger charge is -2.25. The Morgan fingerprint density at radius 3 is 2.36 bits per heavy atom. The van der Waals surface area contributed by atoms with Crippen LogP contribution < -0.4 is 14.9 Å². The van der Waals surface area contributed by atoms with Gasteiger partial charge in [0, 0.05) is 17.2 Å². The second-order valence-corrected chi connectivity index (χ2v) is 10.8. The van der Waals surface area contributed by atoms with E-state index in [0.717, 1.165) is 16.9 Å². The Morgan fingerprint density at radius 1 is 0.955 bits per heavy atom. The van der Waals surface area contributed by atoms with Crippen LogP contribution in [-0.4, -0.2) is 30.2 Å². The van der Waals surface area contributed by atoms with Crippen molar-refractivity contribution in [3.8, 4) is 11.3 Å². The third kappa shape index (κ3) is 5.43. The van der Waals surface area contributed by atoms with Crippen LogP contribution in [-0.2, 0) is 14.3 Å². The summed E-state index contributed by atoms with van der Waals surface area (Å²) in [4.78, 5) is 44.4. The summed E-state index contributed by atoms with van der Waals surface area (Å²) in [5.74, 6) is -0.533. The molecule has 0 radical (unpaired) electrons. The summed E-state index contributed by atoms with van der Waals surface area (Å²) in [5, 5.41) is 0. The molecule has 0 N–H and O–H groups in total. The minimum atomic E-state index is -0.913. The molecular formula is C34H25FN2O6S. The molecule has 0 spiro atoms. The van der Waals surface area contributed by atoms with Gasteiger partial charge >= 0.3 is 11.9 Å². The molecule has 0 aliphatic carbocycles. The third-order valence-electron chi connectivity index (χ3n) is 7.05. The Kier molecular flexibility index (Phi) is 7.91. The van der Waals surface area contributed by atoms with Crippen molar-refractivity contribution in [3.05, 3.63) is 145 Å². The van der Waals surface area contributed by atoms with Gasteiger partial charge in [0.25, 0.3) is 5.56 Å². The average Bonchev–Trinajstić information content (AvgIpc) is 3.65. The molecule has 0 amide bonds. The highest BCUT2D eigenvalue weighted by Gasteiger charge is 2.35. The number of nitrogens with zero attached hydrogens (tertiary/aromatic N) is 2. The first kappa shape index (κ1) is 28.8. The zero-order valence-corrected chi connectivity index (χ0v) is 24.5. The zero-order chi connectivity index (χ0) is 30.8. The monoisotopic (exact) mass is 608 g/mol. The number of ether oxygens (including phenoxy) is 2. The fourth-order valence-corrected chi connectivity index (χ4v) is 5.99. The molecule has 1 atom stereocenters. The highest BCUT2D eigenvalue weighted by atomic mass is 32.1. The first-order chi connectivity index (χ1) is 21.4. The van der Waals surface area contributed by atoms with Crippen molar-refractivity contribution in [2.24, 2.45) is 4.99 Å². The maximum Gasteiger partial charge on any atom is 0.338 e. The van der Waals surface area contributed by atoms with E-state index in [1.165, 1.54) is 23.8 Å². The molecule has 1 aliphatic heterocycles. The second kappa shape index (κ2) is 12.1. The van der Waals surface area contributed by atoms with Gasteiger partial charge in [-0.2, -0.15) is 0 Å². The standard InChI is InChI=1S/C34H25FN2O6S/c1-3-42-33(40)28-29(21-7-5-4-6-8-21)36-34-37(30(28)22-13-15-24(35)16-14-22)31(38)27(44-34)19-25-17-18-26(43-25)20-9-11-23(12-10-20)32(39)41-2/h4-19,30H,3H2,1-2H3/b27-19-/t30-/m0/s1. The Labute approximate surface area is 254 Å². The summed E-state index contributed by atoms with van der Waals surface area (Å²) >= 11 is 1.15. The zero-order valence-electron chi connectivity index (χ0n) is 23.7. The smallest absolute Gasteiger partial charge is 0.338 e. The Morgan fingerprint density at radius 2 is 1.68 bits per heavy atom. The van der Waals surface area contributed by atoms with Gasteiger partial charge in [-0.3, -0.25) is 9.36 Å². The molecule has 3 aromatic carbocycles. The number of methoxy groups -OCH3 is 1. The molecular weight excluding hydrogens is 583 g/mol. The van der Waals surface area contributed by atoms with Crippen LogP contribution >= 0.6 is 11.3 Å². The molecule has 3 heterocycles. The van der Waals surface area contributed by atoms with Crippen LogP contribution in [0.1, 0.15) is 40.2 Å². The summed E-state index contributed by atoms with van der Waals surface area (Å²) in [6, 6.07) is 24.2. The Bertz CT molecular complexity index is 2070. The van der Waals surface area contributed by atoms with Crippen LogP contribution in [0, 0.1) is 5.82 Å². The SMILES string of the molecule is CCOC(=O)C1=C(c2ccccc2)N=c2s/c(=C\c3ccc(-c4ccc(C(=O)OC)cc4)o3)c(=O)n2[C@H]1c1ccc(F)cc1. The molecule has 6 rings (SSSR count). The molecule has 0 saturated heterocycles. The minimum absolute atomic E-state index is 0.122. The van der Waals surface area contributed by atoms with Gasteiger partial charge in [0.1, 0.15) is 17.3 Å². The maximum atomic E-state index is 14.0. The number of benzene rings is 3. The molecule has 0 unspecified atom stereocenters. The van der Waals surface area contributed by atoms with Gasteiger partial charge in [-0.25, -0.2) is 19.0 Å². The van der Waals surface area contributed by atoms with Gasteiger partial charge in [0.05, 0.1) is 41.1 Å². The fraction of sp³-hybridized carbons (Fsp3) is 0.118. The van der Waals surface area contributed by atoms with Gasteiger partial charge in [-0.15, -0.1) is 0 Å². The predicted octanol–water partition coefficient (Wildman–Crippen LogP) is 5.12. The lowest BCUT2D eigenvalue weighted by molar-refractivity contribution is -0.138. The number of fused-ring (bicyclic) bond motifs is 1. The number of rotatable bonds is 7. The van der Waals surface area contributed by atoms with Gasteiger partial charge in [-0.05, 0) is 48.9 Å². The number of halogens is 1. The van der Waals surface area contributed by atoms with Gasteiger partial charge in [0.15, 0.2) is 4.80 Å². The molecule has 0 saturated carbocycles. The molecule has 5 aromatic rings. The maximum absolute atomic E-state index is 14.0. The van der Waals surface area contributed by atoms with Crippen LogP contribution in [0.3, 0.4) is 0 Å². The number of carbonyl (C=O) groups is 2. The van der Waals surface area contributed by atoms with Crippen LogP contribution in [0.5, 0.6) is 0 Å². The molecule has 10 heteroatoms. The van der Waals surface area contributed by atoms with E-state index in [2.05, 4.69) is 0 Å². The first-order valence-corrected chi connectivity index (χ1v) is 14.5. The number of carbonyl (C=O) groups excluding carboxylic acids is 2. The lowest BCUT2D eigenvalue weighted by atomic mass is 9.93. The number of esters is 2. The topological polar surface area (TPSA) is 100 Å². The second-order valence-electron chi connectivity index (χ2n) is 9.75. The van der Waals surface area contributed by atoms with Crippen LogP contribution in [0.2, 0.25) is 0 Å². The van der Waals surface area contributed by atoms with Crippen molar-refractivity contribution >= 4 is 35.0 Å². The van der Waals surface area contributed by atoms with E-state index in [-0.39, 0.29) is 12.2 Å². The molecule has 44 heavy (non-hydrogen) atoms. The van der Waals surface area contributed by atoms with Crippen molar-refractivity contribution < 1.29 is 27.9 Å². The molecule has 220 valence electrons. The summed E-state index contributed by atoms with van der Waals surface area (Å²) in [7, 11) is 1.32. The number of hydrogen-bond donors (Lipinski definition) is 0. The number of furan rings is 1. The van der Waals surface area contributed by atoms with Crippen molar-refractivity contribution in [1.82, 2.24) is 4.57 Å². The van der Waals surface area contributed by atoms with E-state index in [9.17, 15) is 18.8 Å². The van der Waals surface area contributed by atoms with E-state index >= 15 is 0 Å². The number of hydrogen-bond acceptors (Lipinski definition) is 8. The highest BCUT2D eigenvalue weighted by Crippen LogP contribution is 2.35. The first-order valence-electron chi connectivity index (χ1n) is 13.7. The van der Waals surface area contributed by atoms with Gasteiger partial charge in [-0.1, -0.05) is 65.9 Å². The van der Waals surface area contributed by atoms with E-state index in [4.69, 9.17) is 18.9 Å². The third-order valence-corrected chi connectivity index (χ3v) is 8.03. The normalized spacial score (nSPS) is 14.6. The molecule has 0 bridgehead atoms. The van der Waals surface area contributed by atoms with Crippen LogP contribution in [0.25, 0.3) is 23.1 Å². The Hall–Kier alpha value is -5.35.